The fourth-order valence-corrected chi connectivity index (χ4v) is 3.26. The average Bonchev–Trinajstić information content (AvgIpc) is 3.14. The minimum atomic E-state index is -0.725. The lowest BCUT2D eigenvalue weighted by molar-refractivity contribution is -0.152. The van der Waals surface area contributed by atoms with E-state index in [4.69, 9.17) is 0 Å². The molecule has 7 heteroatoms. The molecule has 1 aromatic rings. The SMILES string of the molecule is CN1CC(=O)N2C[C@H](NC(=O)C(C)(C)n3cccc3)C[C@H]2C1=O. The largest absolute Gasteiger partial charge is 0.349 e. The number of amides is 3. The van der Waals surface area contributed by atoms with Gasteiger partial charge in [0.1, 0.15) is 11.6 Å². The third-order valence-corrected chi connectivity index (χ3v) is 4.80. The number of hydrogen-bond donors (Lipinski definition) is 1. The lowest BCUT2D eigenvalue weighted by atomic mass is 10.0. The van der Waals surface area contributed by atoms with Crippen molar-refractivity contribution in [2.75, 3.05) is 20.1 Å². The first-order valence-corrected chi connectivity index (χ1v) is 7.79. The van der Waals surface area contributed by atoms with E-state index in [1.807, 2.05) is 42.9 Å². The third kappa shape index (κ3) is 2.60. The molecule has 2 saturated heterocycles. The summed E-state index contributed by atoms with van der Waals surface area (Å²) < 4.78 is 1.84. The molecule has 3 amide bonds. The first kappa shape index (κ1) is 15.6. The summed E-state index contributed by atoms with van der Waals surface area (Å²) >= 11 is 0. The number of piperazine rings is 1. The molecule has 124 valence electrons. The number of rotatable bonds is 3. The zero-order chi connectivity index (χ0) is 16.8. The van der Waals surface area contributed by atoms with Gasteiger partial charge in [0.15, 0.2) is 0 Å². The summed E-state index contributed by atoms with van der Waals surface area (Å²) in [6.07, 6.45) is 4.17. The van der Waals surface area contributed by atoms with Crippen molar-refractivity contribution in [1.82, 2.24) is 19.7 Å². The van der Waals surface area contributed by atoms with Gasteiger partial charge in [0.05, 0.1) is 6.54 Å². The standard InChI is InChI=1S/C16H22N4O3/c1-16(2,19-6-4-5-7-19)15(23)17-11-8-12-14(22)18(3)10-13(21)20(12)9-11/h4-7,11-12H,8-10H2,1-3H3,(H,17,23)/t11-,12+/m1/s1. The van der Waals surface area contributed by atoms with Crippen LogP contribution in [0.2, 0.25) is 0 Å². The predicted molar refractivity (Wildman–Crippen MR) is 83.4 cm³/mol. The molecule has 2 atom stereocenters. The maximum absolute atomic E-state index is 12.6. The molecule has 1 N–H and O–H groups in total. The molecule has 0 radical (unpaired) electrons. The van der Waals surface area contributed by atoms with Crippen LogP contribution in [0.5, 0.6) is 0 Å². The maximum atomic E-state index is 12.6. The number of fused-ring (bicyclic) bond motifs is 1. The molecule has 23 heavy (non-hydrogen) atoms. The zero-order valence-electron chi connectivity index (χ0n) is 13.7. The van der Waals surface area contributed by atoms with Gasteiger partial charge in [-0.25, -0.2) is 0 Å². The molecule has 0 aromatic carbocycles. The van der Waals surface area contributed by atoms with Gasteiger partial charge < -0.3 is 19.7 Å². The van der Waals surface area contributed by atoms with Crippen molar-refractivity contribution in [1.29, 1.82) is 0 Å². The van der Waals surface area contributed by atoms with Crippen LogP contribution in [0.3, 0.4) is 0 Å². The summed E-state index contributed by atoms with van der Waals surface area (Å²) in [4.78, 5) is 39.9. The Kier molecular flexibility index (Phi) is 3.66. The summed E-state index contributed by atoms with van der Waals surface area (Å²) in [5.41, 5.74) is -0.725. The molecule has 0 aliphatic carbocycles. The van der Waals surface area contributed by atoms with Crippen LogP contribution in [0, 0.1) is 0 Å². The number of carbonyl (C=O) groups is 3. The third-order valence-electron chi connectivity index (χ3n) is 4.80. The number of nitrogens with zero attached hydrogens (tertiary/aromatic N) is 3. The Morgan fingerprint density at radius 2 is 1.91 bits per heavy atom. The Bertz CT molecular complexity index is 638. The van der Waals surface area contributed by atoms with E-state index >= 15 is 0 Å². The van der Waals surface area contributed by atoms with E-state index in [-0.39, 0.29) is 30.3 Å². The minimum absolute atomic E-state index is 0.0500. The molecular weight excluding hydrogens is 296 g/mol. The lowest BCUT2D eigenvalue weighted by Crippen LogP contribution is -2.56. The molecule has 1 aromatic heterocycles. The average molecular weight is 318 g/mol. The Morgan fingerprint density at radius 3 is 2.57 bits per heavy atom. The molecule has 0 saturated carbocycles. The van der Waals surface area contributed by atoms with Gasteiger partial charge in [0.2, 0.25) is 17.7 Å². The van der Waals surface area contributed by atoms with Crippen LogP contribution in [-0.2, 0) is 19.9 Å². The second-order valence-electron chi connectivity index (χ2n) is 6.81. The van der Waals surface area contributed by atoms with Gasteiger partial charge in [0, 0.05) is 32.0 Å². The van der Waals surface area contributed by atoms with E-state index in [1.165, 1.54) is 4.90 Å². The van der Waals surface area contributed by atoms with Gasteiger partial charge in [-0.05, 0) is 32.4 Å². The van der Waals surface area contributed by atoms with Crippen molar-refractivity contribution in [3.05, 3.63) is 24.5 Å². The zero-order valence-corrected chi connectivity index (χ0v) is 13.7. The maximum Gasteiger partial charge on any atom is 0.245 e. The molecule has 2 aliphatic rings. The van der Waals surface area contributed by atoms with Crippen LogP contribution >= 0.6 is 0 Å². The van der Waals surface area contributed by atoms with Crippen molar-refractivity contribution >= 4 is 17.7 Å². The Morgan fingerprint density at radius 1 is 1.26 bits per heavy atom. The van der Waals surface area contributed by atoms with E-state index in [0.29, 0.717) is 13.0 Å². The normalized spacial score (nSPS) is 24.8. The highest BCUT2D eigenvalue weighted by molar-refractivity contribution is 5.95. The molecule has 0 spiro atoms. The van der Waals surface area contributed by atoms with E-state index in [2.05, 4.69) is 5.32 Å². The highest BCUT2D eigenvalue weighted by Gasteiger charge is 2.45. The Labute approximate surface area is 135 Å². The van der Waals surface area contributed by atoms with Crippen LogP contribution in [0.1, 0.15) is 20.3 Å². The van der Waals surface area contributed by atoms with Crippen LogP contribution < -0.4 is 5.32 Å². The first-order valence-electron chi connectivity index (χ1n) is 7.79. The van der Waals surface area contributed by atoms with E-state index in [0.717, 1.165) is 0 Å². The number of aromatic nitrogens is 1. The quantitative estimate of drug-likeness (QED) is 0.837. The first-order chi connectivity index (χ1) is 10.8. The highest BCUT2D eigenvalue weighted by Crippen LogP contribution is 2.24. The van der Waals surface area contributed by atoms with Gasteiger partial charge >= 0.3 is 0 Å². The van der Waals surface area contributed by atoms with Gasteiger partial charge in [-0.1, -0.05) is 0 Å². The van der Waals surface area contributed by atoms with Crippen molar-refractivity contribution in [2.24, 2.45) is 0 Å². The van der Waals surface area contributed by atoms with E-state index in [1.54, 1.807) is 11.9 Å². The van der Waals surface area contributed by atoms with E-state index < -0.39 is 11.6 Å². The van der Waals surface area contributed by atoms with Crippen LogP contribution in [-0.4, -0.2) is 64.3 Å². The van der Waals surface area contributed by atoms with Crippen molar-refractivity contribution in [3.8, 4) is 0 Å². The van der Waals surface area contributed by atoms with Crippen LogP contribution in [0.4, 0.5) is 0 Å². The summed E-state index contributed by atoms with van der Waals surface area (Å²) in [7, 11) is 1.64. The van der Waals surface area contributed by atoms with Gasteiger partial charge in [-0.15, -0.1) is 0 Å². The fourth-order valence-electron chi connectivity index (χ4n) is 3.26. The fraction of sp³-hybridized carbons (Fsp3) is 0.562. The van der Waals surface area contributed by atoms with Gasteiger partial charge in [-0.3, -0.25) is 14.4 Å². The van der Waals surface area contributed by atoms with E-state index in [9.17, 15) is 14.4 Å². The highest BCUT2D eigenvalue weighted by atomic mass is 16.2. The summed E-state index contributed by atoms with van der Waals surface area (Å²) in [5, 5.41) is 3.00. The summed E-state index contributed by atoms with van der Waals surface area (Å²) in [6, 6.07) is 3.11. The van der Waals surface area contributed by atoms with Gasteiger partial charge in [0.25, 0.3) is 0 Å². The molecule has 2 aliphatic heterocycles. The molecule has 3 heterocycles. The van der Waals surface area contributed by atoms with Gasteiger partial charge in [-0.2, -0.15) is 0 Å². The second-order valence-corrected chi connectivity index (χ2v) is 6.81. The molecular formula is C16H22N4O3. The van der Waals surface area contributed by atoms with Crippen molar-refractivity contribution in [2.45, 2.75) is 37.9 Å². The Hall–Kier alpha value is -2.31. The van der Waals surface area contributed by atoms with Crippen molar-refractivity contribution < 1.29 is 14.4 Å². The number of carbonyl (C=O) groups excluding carboxylic acids is 3. The molecule has 2 fully saturated rings. The number of nitrogens with one attached hydrogen (secondary N) is 1. The molecule has 3 rings (SSSR count). The molecule has 0 unspecified atom stereocenters. The number of likely N-dealkylation sites (N-methyl/N-ethyl adjacent to an activating group) is 1. The predicted octanol–water partition coefficient (Wildman–Crippen LogP) is -0.219. The lowest BCUT2D eigenvalue weighted by Gasteiger charge is -2.33. The molecule has 7 nitrogen and oxygen atoms in total. The topological polar surface area (TPSA) is 74.7 Å². The minimum Gasteiger partial charge on any atom is -0.349 e. The smallest absolute Gasteiger partial charge is 0.245 e. The monoisotopic (exact) mass is 318 g/mol. The number of hydrogen-bond acceptors (Lipinski definition) is 3. The summed E-state index contributed by atoms with van der Waals surface area (Å²) in [6.45, 7) is 4.20. The van der Waals surface area contributed by atoms with Crippen LogP contribution in [0.15, 0.2) is 24.5 Å². The van der Waals surface area contributed by atoms with Crippen molar-refractivity contribution in [3.63, 3.8) is 0 Å². The molecule has 0 bridgehead atoms. The second kappa shape index (κ2) is 5.40. The summed E-state index contributed by atoms with van der Waals surface area (Å²) in [5.74, 6) is -0.226. The van der Waals surface area contributed by atoms with Crippen LogP contribution in [0.25, 0.3) is 0 Å². The Balaban J connectivity index is 1.69.